The molecule has 0 atom stereocenters. The van der Waals surface area contributed by atoms with Gasteiger partial charge in [0.15, 0.2) is 5.69 Å². The van der Waals surface area contributed by atoms with Crippen molar-refractivity contribution < 1.29 is 13.9 Å². The summed E-state index contributed by atoms with van der Waals surface area (Å²) >= 11 is 0. The zero-order chi connectivity index (χ0) is 11.5. The molecule has 0 spiro atoms. The van der Waals surface area contributed by atoms with Crippen molar-refractivity contribution in [1.82, 2.24) is 4.98 Å². The van der Waals surface area contributed by atoms with Gasteiger partial charge in [-0.05, 0) is 19.1 Å². The van der Waals surface area contributed by atoms with E-state index in [1.54, 1.807) is 6.92 Å². The number of nitrogens with zero attached hydrogens (tertiary/aromatic N) is 1. The molecule has 2 aromatic rings. The first kappa shape index (κ1) is 13.0. The number of carbonyl (C=O) groups is 1. The van der Waals surface area contributed by atoms with Gasteiger partial charge in [-0.2, -0.15) is 0 Å². The normalized spacial score (nSPS) is 9.53. The number of ether oxygens (including phenoxy) is 1. The highest BCUT2D eigenvalue weighted by molar-refractivity contribution is 5.88. The predicted molar refractivity (Wildman–Crippen MR) is 64.7 cm³/mol. The number of aryl methyl sites for hydroxylation is 1. The molecule has 17 heavy (non-hydrogen) atoms. The molecule has 1 aromatic carbocycles. The molecule has 90 valence electrons. The van der Waals surface area contributed by atoms with Crippen LogP contribution in [0.4, 0.5) is 0 Å². The van der Waals surface area contributed by atoms with E-state index in [0.29, 0.717) is 11.7 Å². The van der Waals surface area contributed by atoms with E-state index in [4.69, 9.17) is 4.42 Å². The van der Waals surface area contributed by atoms with Gasteiger partial charge in [-0.25, -0.2) is 9.78 Å². The van der Waals surface area contributed by atoms with Gasteiger partial charge in [-0.3, -0.25) is 0 Å². The third-order valence-corrected chi connectivity index (χ3v) is 2.20. The minimum Gasteiger partial charge on any atom is -0.464 e. The van der Waals surface area contributed by atoms with E-state index < -0.39 is 5.97 Å². The molecule has 0 radical (unpaired) electrons. The van der Waals surface area contributed by atoms with E-state index in [1.807, 2.05) is 30.3 Å². The molecule has 4 nitrogen and oxygen atoms in total. The first-order chi connectivity index (χ1) is 7.72. The average Bonchev–Trinajstić information content (AvgIpc) is 2.71. The maximum absolute atomic E-state index is 11.3. The van der Waals surface area contributed by atoms with Crippen LogP contribution in [-0.4, -0.2) is 18.1 Å². The van der Waals surface area contributed by atoms with Crippen LogP contribution in [0.15, 0.2) is 34.7 Å². The van der Waals surface area contributed by atoms with Crippen LogP contribution in [0.5, 0.6) is 0 Å². The molecular formula is C13H15NO3. The number of methoxy groups -OCH3 is 1. The summed E-state index contributed by atoms with van der Waals surface area (Å²) in [7, 11) is 1.32. The highest BCUT2D eigenvalue weighted by Crippen LogP contribution is 2.21. The van der Waals surface area contributed by atoms with Gasteiger partial charge in [-0.1, -0.05) is 25.6 Å². The highest BCUT2D eigenvalue weighted by atomic mass is 16.5. The van der Waals surface area contributed by atoms with Crippen LogP contribution in [0, 0.1) is 6.92 Å². The Morgan fingerprint density at radius 1 is 1.29 bits per heavy atom. The molecule has 1 heterocycles. The molecular weight excluding hydrogens is 218 g/mol. The smallest absolute Gasteiger partial charge is 0.360 e. The Kier molecular flexibility index (Phi) is 4.04. The first-order valence-corrected chi connectivity index (χ1v) is 4.83. The lowest BCUT2D eigenvalue weighted by molar-refractivity contribution is 0.0593. The van der Waals surface area contributed by atoms with E-state index in [-0.39, 0.29) is 13.1 Å². The molecule has 0 bridgehead atoms. The molecule has 4 heteroatoms. The maximum Gasteiger partial charge on any atom is 0.360 e. The summed E-state index contributed by atoms with van der Waals surface area (Å²) < 4.78 is 10.0. The number of hydrogen-bond donors (Lipinski definition) is 0. The summed E-state index contributed by atoms with van der Waals surface area (Å²) in [5.74, 6) is 0.410. The van der Waals surface area contributed by atoms with Gasteiger partial charge >= 0.3 is 5.97 Å². The van der Waals surface area contributed by atoms with Crippen molar-refractivity contribution in [2.75, 3.05) is 7.11 Å². The lowest BCUT2D eigenvalue weighted by Gasteiger charge is -1.92. The molecule has 0 unspecified atom stereocenters. The number of hydrogen-bond acceptors (Lipinski definition) is 4. The van der Waals surface area contributed by atoms with Crippen LogP contribution >= 0.6 is 0 Å². The summed E-state index contributed by atoms with van der Waals surface area (Å²) in [5.41, 5.74) is 1.06. The molecule has 0 aliphatic heterocycles. The maximum atomic E-state index is 11.3. The Labute approximate surface area is 100 Å². The Morgan fingerprint density at radius 3 is 2.53 bits per heavy atom. The molecule has 0 saturated heterocycles. The van der Waals surface area contributed by atoms with E-state index in [9.17, 15) is 4.79 Å². The summed E-state index contributed by atoms with van der Waals surface area (Å²) in [6.45, 7) is 1.69. The second kappa shape index (κ2) is 5.30. The molecule has 0 fully saturated rings. The van der Waals surface area contributed by atoms with E-state index in [0.717, 1.165) is 5.56 Å². The predicted octanol–water partition coefficient (Wildman–Crippen LogP) is 3.07. The number of carbonyl (C=O) groups excluding carboxylic acids is 1. The number of oxazole rings is 1. The minimum atomic E-state index is -0.483. The minimum absolute atomic E-state index is 0. The fourth-order valence-electron chi connectivity index (χ4n) is 1.39. The average molecular weight is 233 g/mol. The van der Waals surface area contributed by atoms with Gasteiger partial charge in [0.25, 0.3) is 0 Å². The summed E-state index contributed by atoms with van der Waals surface area (Å²) in [6.07, 6.45) is 0. The summed E-state index contributed by atoms with van der Waals surface area (Å²) in [6, 6.07) is 9.40. The Balaban J connectivity index is 0.00000144. The third-order valence-electron chi connectivity index (χ3n) is 2.20. The van der Waals surface area contributed by atoms with Gasteiger partial charge in [0.1, 0.15) is 5.76 Å². The quantitative estimate of drug-likeness (QED) is 0.748. The van der Waals surface area contributed by atoms with E-state index >= 15 is 0 Å². The molecule has 0 aliphatic carbocycles. The highest BCUT2D eigenvalue weighted by Gasteiger charge is 2.17. The van der Waals surface area contributed by atoms with Crippen LogP contribution in [-0.2, 0) is 4.74 Å². The van der Waals surface area contributed by atoms with Gasteiger partial charge in [0.05, 0.1) is 7.11 Å². The second-order valence-corrected chi connectivity index (χ2v) is 3.28. The molecule has 0 N–H and O–H groups in total. The van der Waals surface area contributed by atoms with Crippen LogP contribution in [0.1, 0.15) is 23.7 Å². The Hall–Kier alpha value is -2.10. The van der Waals surface area contributed by atoms with E-state index in [1.165, 1.54) is 7.11 Å². The molecule has 0 amide bonds. The fraction of sp³-hybridized carbons (Fsp3) is 0.231. The van der Waals surface area contributed by atoms with Gasteiger partial charge < -0.3 is 9.15 Å². The number of benzene rings is 1. The molecule has 0 aliphatic rings. The zero-order valence-electron chi connectivity index (χ0n) is 9.06. The van der Waals surface area contributed by atoms with Gasteiger partial charge in [-0.15, -0.1) is 0 Å². The van der Waals surface area contributed by atoms with Crippen LogP contribution in [0.25, 0.3) is 11.5 Å². The zero-order valence-corrected chi connectivity index (χ0v) is 9.06. The van der Waals surface area contributed by atoms with Crippen molar-refractivity contribution in [2.45, 2.75) is 14.4 Å². The van der Waals surface area contributed by atoms with Crippen LogP contribution in [0.2, 0.25) is 0 Å². The molecule has 1 aromatic heterocycles. The van der Waals surface area contributed by atoms with Crippen LogP contribution < -0.4 is 0 Å². The third kappa shape index (κ3) is 2.53. The topological polar surface area (TPSA) is 52.3 Å². The van der Waals surface area contributed by atoms with Crippen molar-refractivity contribution in [3.05, 3.63) is 41.8 Å². The van der Waals surface area contributed by atoms with Gasteiger partial charge in [0.2, 0.25) is 5.89 Å². The van der Waals surface area contributed by atoms with Crippen LogP contribution in [0.3, 0.4) is 0 Å². The molecule has 0 saturated carbocycles. The second-order valence-electron chi connectivity index (χ2n) is 3.28. The first-order valence-electron chi connectivity index (χ1n) is 4.83. The van der Waals surface area contributed by atoms with Gasteiger partial charge in [0, 0.05) is 5.56 Å². The van der Waals surface area contributed by atoms with Crippen molar-refractivity contribution in [2.24, 2.45) is 0 Å². The SMILES string of the molecule is C.COC(=O)c1nc(-c2ccccc2)oc1C. The Bertz CT molecular complexity index is 503. The number of aromatic nitrogens is 1. The number of rotatable bonds is 2. The van der Waals surface area contributed by atoms with Crippen molar-refractivity contribution in [1.29, 1.82) is 0 Å². The summed E-state index contributed by atoms with van der Waals surface area (Å²) in [4.78, 5) is 15.4. The lowest BCUT2D eigenvalue weighted by Crippen LogP contribution is -2.03. The van der Waals surface area contributed by atoms with E-state index in [2.05, 4.69) is 9.72 Å². The largest absolute Gasteiger partial charge is 0.464 e. The standard InChI is InChI=1S/C12H11NO3.CH4/c1-8-10(12(14)15-2)13-11(16-8)9-6-4-3-5-7-9;/h3-7H,1-2H3;1H4. The fourth-order valence-corrected chi connectivity index (χ4v) is 1.39. The van der Waals surface area contributed by atoms with Crippen molar-refractivity contribution in [3.63, 3.8) is 0 Å². The molecule has 2 rings (SSSR count). The summed E-state index contributed by atoms with van der Waals surface area (Å²) in [5, 5.41) is 0. The Morgan fingerprint density at radius 2 is 1.94 bits per heavy atom. The number of esters is 1. The lowest BCUT2D eigenvalue weighted by atomic mass is 10.2. The van der Waals surface area contributed by atoms with Crippen molar-refractivity contribution >= 4 is 5.97 Å². The monoisotopic (exact) mass is 233 g/mol. The van der Waals surface area contributed by atoms with Crippen molar-refractivity contribution in [3.8, 4) is 11.5 Å².